The van der Waals surface area contributed by atoms with Crippen molar-refractivity contribution in [3.8, 4) is 0 Å². The van der Waals surface area contributed by atoms with Crippen LogP contribution in [0.4, 0.5) is 5.69 Å². The maximum Gasteiger partial charge on any atom is 0.337 e. The Morgan fingerprint density at radius 3 is 2.42 bits per heavy atom. The molecule has 0 bridgehead atoms. The van der Waals surface area contributed by atoms with E-state index in [0.29, 0.717) is 28.4 Å². The molecule has 1 heterocycles. The first kappa shape index (κ1) is 23.7. The average molecular weight is 491 g/mol. The number of benzene rings is 2. The maximum atomic E-state index is 13.2. The monoisotopic (exact) mass is 490 g/mol. The van der Waals surface area contributed by atoms with Gasteiger partial charge < -0.3 is 10.1 Å². The van der Waals surface area contributed by atoms with Crippen LogP contribution in [0.5, 0.6) is 0 Å². The largest absolute Gasteiger partial charge is 0.465 e. The lowest BCUT2D eigenvalue weighted by Crippen LogP contribution is -2.41. The standard InChI is InChI=1S/C24H27ClN2O5S/c1-32-24(29)19-7-9-21(25)22(15-19)26-23(28)17-10-12-27(13-11-17)33(30,31)20-8-6-16-4-2-3-5-18(16)14-20/h6-9,14-15,17H,2-5,10-13H2,1H3,(H,26,28). The molecule has 9 heteroatoms. The van der Waals surface area contributed by atoms with Crippen LogP contribution < -0.4 is 5.32 Å². The molecule has 1 saturated heterocycles. The third kappa shape index (κ3) is 5.08. The highest BCUT2D eigenvalue weighted by Crippen LogP contribution is 2.30. The summed E-state index contributed by atoms with van der Waals surface area (Å²) in [7, 11) is -2.32. The molecule has 33 heavy (non-hydrogen) atoms. The Labute approximate surface area is 199 Å². The first-order valence-electron chi connectivity index (χ1n) is 11.1. The molecule has 2 aromatic carbocycles. The summed E-state index contributed by atoms with van der Waals surface area (Å²) in [6.45, 7) is 0.543. The van der Waals surface area contributed by atoms with Crippen molar-refractivity contribution < 1.29 is 22.7 Å². The van der Waals surface area contributed by atoms with E-state index in [-0.39, 0.29) is 30.5 Å². The van der Waals surface area contributed by atoms with Gasteiger partial charge in [0.25, 0.3) is 0 Å². The van der Waals surface area contributed by atoms with Crippen molar-refractivity contribution in [3.05, 3.63) is 58.1 Å². The summed E-state index contributed by atoms with van der Waals surface area (Å²) in [6, 6.07) is 9.98. The van der Waals surface area contributed by atoms with Crippen molar-refractivity contribution in [1.82, 2.24) is 4.31 Å². The Morgan fingerprint density at radius 2 is 1.73 bits per heavy atom. The third-order valence-electron chi connectivity index (χ3n) is 6.43. The lowest BCUT2D eigenvalue weighted by atomic mass is 9.92. The Morgan fingerprint density at radius 1 is 1.03 bits per heavy atom. The van der Waals surface area contributed by atoms with Gasteiger partial charge in [-0.3, -0.25) is 4.79 Å². The van der Waals surface area contributed by atoms with Crippen molar-refractivity contribution in [1.29, 1.82) is 0 Å². The summed E-state index contributed by atoms with van der Waals surface area (Å²) in [5, 5.41) is 3.08. The number of esters is 1. The van der Waals surface area contributed by atoms with Crippen LogP contribution in [0.1, 0.15) is 47.2 Å². The number of hydrogen-bond donors (Lipinski definition) is 1. The SMILES string of the molecule is COC(=O)c1ccc(Cl)c(NC(=O)C2CCN(S(=O)(=O)c3ccc4c(c3)CCCC4)CC2)c1. The molecule has 0 saturated carbocycles. The molecule has 2 aliphatic rings. The predicted octanol–water partition coefficient (Wildman–Crippen LogP) is 4.04. The zero-order valence-corrected chi connectivity index (χ0v) is 20.0. The highest BCUT2D eigenvalue weighted by atomic mass is 35.5. The van der Waals surface area contributed by atoms with Gasteiger partial charge in [0, 0.05) is 19.0 Å². The highest BCUT2D eigenvalue weighted by Gasteiger charge is 2.32. The van der Waals surface area contributed by atoms with E-state index < -0.39 is 16.0 Å². The number of nitrogens with zero attached hydrogens (tertiary/aromatic N) is 1. The van der Waals surface area contributed by atoms with E-state index in [0.717, 1.165) is 31.2 Å². The van der Waals surface area contributed by atoms with E-state index in [4.69, 9.17) is 16.3 Å². The second-order valence-electron chi connectivity index (χ2n) is 8.49. The second-order valence-corrected chi connectivity index (χ2v) is 10.8. The van der Waals surface area contributed by atoms with E-state index in [1.165, 1.54) is 35.2 Å². The van der Waals surface area contributed by atoms with Gasteiger partial charge in [-0.1, -0.05) is 17.7 Å². The number of carbonyl (C=O) groups is 2. The van der Waals surface area contributed by atoms with Crippen LogP contribution in [0.25, 0.3) is 0 Å². The number of hydrogen-bond acceptors (Lipinski definition) is 5. The van der Waals surface area contributed by atoms with Crippen molar-refractivity contribution >= 4 is 39.2 Å². The minimum Gasteiger partial charge on any atom is -0.465 e. The van der Waals surface area contributed by atoms with Crippen molar-refractivity contribution in [2.24, 2.45) is 5.92 Å². The smallest absolute Gasteiger partial charge is 0.337 e. The quantitative estimate of drug-likeness (QED) is 0.638. The number of rotatable bonds is 5. The van der Waals surface area contributed by atoms with Crippen LogP contribution in [0.3, 0.4) is 0 Å². The molecule has 0 atom stereocenters. The molecule has 0 radical (unpaired) electrons. The molecule has 1 aliphatic heterocycles. The van der Waals surface area contributed by atoms with Crippen molar-refractivity contribution in [2.45, 2.75) is 43.4 Å². The summed E-state index contributed by atoms with van der Waals surface area (Å²) < 4.78 is 32.5. The van der Waals surface area contributed by atoms with Crippen LogP contribution in [-0.4, -0.2) is 44.8 Å². The highest BCUT2D eigenvalue weighted by molar-refractivity contribution is 7.89. The van der Waals surface area contributed by atoms with Gasteiger partial charge in [0.1, 0.15) is 0 Å². The van der Waals surface area contributed by atoms with E-state index >= 15 is 0 Å². The Balaban J connectivity index is 1.40. The Hall–Kier alpha value is -2.42. The zero-order chi connectivity index (χ0) is 23.6. The minimum absolute atomic E-state index is 0.246. The number of anilines is 1. The van der Waals surface area contributed by atoms with Crippen LogP contribution in [0.2, 0.25) is 5.02 Å². The fourth-order valence-electron chi connectivity index (χ4n) is 4.48. The number of piperidine rings is 1. The molecule has 176 valence electrons. The summed E-state index contributed by atoms with van der Waals surface area (Å²) >= 11 is 6.17. The molecular formula is C24H27ClN2O5S. The number of carbonyl (C=O) groups excluding carboxylic acids is 2. The van der Waals surface area contributed by atoms with Crippen molar-refractivity contribution in [3.63, 3.8) is 0 Å². The minimum atomic E-state index is -3.60. The number of aryl methyl sites for hydroxylation is 2. The number of ether oxygens (including phenoxy) is 1. The first-order valence-corrected chi connectivity index (χ1v) is 12.9. The van der Waals surface area contributed by atoms with Crippen LogP contribution in [0, 0.1) is 5.92 Å². The molecule has 1 aliphatic carbocycles. The molecule has 7 nitrogen and oxygen atoms in total. The second kappa shape index (κ2) is 9.83. The molecule has 2 aromatic rings. The van der Waals surface area contributed by atoms with Gasteiger partial charge in [-0.25, -0.2) is 13.2 Å². The maximum absolute atomic E-state index is 13.2. The Bertz CT molecular complexity index is 1170. The van der Waals surface area contributed by atoms with Gasteiger partial charge in [0.2, 0.25) is 15.9 Å². The van der Waals surface area contributed by atoms with Gasteiger partial charge >= 0.3 is 5.97 Å². The topological polar surface area (TPSA) is 92.8 Å². The molecule has 1 N–H and O–H groups in total. The summed E-state index contributed by atoms with van der Waals surface area (Å²) in [4.78, 5) is 24.9. The van der Waals surface area contributed by atoms with E-state index in [1.54, 1.807) is 6.07 Å². The molecule has 1 amide bonds. The fourth-order valence-corrected chi connectivity index (χ4v) is 6.16. The fraction of sp³-hybridized carbons (Fsp3) is 0.417. The normalized spacial score (nSPS) is 17.3. The van der Waals surface area contributed by atoms with Crippen LogP contribution in [0.15, 0.2) is 41.3 Å². The molecule has 0 aromatic heterocycles. The zero-order valence-electron chi connectivity index (χ0n) is 18.5. The van der Waals surface area contributed by atoms with E-state index in [2.05, 4.69) is 5.32 Å². The third-order valence-corrected chi connectivity index (χ3v) is 8.65. The molecule has 0 spiro atoms. The van der Waals surface area contributed by atoms with Crippen LogP contribution >= 0.6 is 11.6 Å². The summed E-state index contributed by atoms with van der Waals surface area (Å²) in [5.41, 5.74) is 2.98. The summed E-state index contributed by atoms with van der Waals surface area (Å²) in [6.07, 6.45) is 4.97. The number of sulfonamides is 1. The number of halogens is 1. The van der Waals surface area contributed by atoms with Gasteiger partial charge in [-0.2, -0.15) is 4.31 Å². The van der Waals surface area contributed by atoms with Crippen molar-refractivity contribution in [2.75, 3.05) is 25.5 Å². The average Bonchev–Trinajstić information content (AvgIpc) is 2.84. The molecule has 1 fully saturated rings. The first-order chi connectivity index (χ1) is 15.8. The number of nitrogens with one attached hydrogen (secondary N) is 1. The Kier molecular flexibility index (Phi) is 7.07. The van der Waals surface area contributed by atoms with Crippen LogP contribution in [-0.2, 0) is 32.4 Å². The number of amides is 1. The van der Waals surface area contributed by atoms with Gasteiger partial charge in [-0.05, 0) is 80.0 Å². The van der Waals surface area contributed by atoms with Gasteiger partial charge in [0.05, 0.1) is 28.3 Å². The lowest BCUT2D eigenvalue weighted by molar-refractivity contribution is -0.120. The lowest BCUT2D eigenvalue weighted by Gasteiger charge is -2.31. The van der Waals surface area contributed by atoms with E-state index in [9.17, 15) is 18.0 Å². The number of fused-ring (bicyclic) bond motifs is 1. The van der Waals surface area contributed by atoms with E-state index in [1.807, 2.05) is 12.1 Å². The molecule has 0 unspecified atom stereocenters. The van der Waals surface area contributed by atoms with Gasteiger partial charge in [-0.15, -0.1) is 0 Å². The molecule has 4 rings (SSSR count). The predicted molar refractivity (Wildman–Crippen MR) is 126 cm³/mol. The summed E-state index contributed by atoms with van der Waals surface area (Å²) in [5.74, 6) is -1.12. The van der Waals surface area contributed by atoms with Gasteiger partial charge in [0.15, 0.2) is 0 Å². The molecular weight excluding hydrogens is 464 g/mol. The number of methoxy groups -OCH3 is 1.